The molecule has 2 rings (SSSR count). The molecule has 20 heavy (non-hydrogen) atoms. The van der Waals surface area contributed by atoms with Crippen molar-refractivity contribution < 1.29 is 0 Å². The van der Waals surface area contributed by atoms with Gasteiger partial charge in [-0.15, -0.1) is 11.6 Å². The van der Waals surface area contributed by atoms with Crippen molar-refractivity contribution in [1.29, 1.82) is 0 Å². The number of hydrogen-bond acceptors (Lipinski definition) is 0. The predicted octanol–water partition coefficient (Wildman–Crippen LogP) is 3.51. The SMILES string of the molecule is CCc1cc(CC)cc([Si](CCl)c2cccc(C)c2)c1. The fourth-order valence-electron chi connectivity index (χ4n) is 2.50. The Kier molecular flexibility index (Phi) is 5.44. The molecule has 0 heterocycles. The van der Waals surface area contributed by atoms with E-state index in [4.69, 9.17) is 11.6 Å². The smallest absolute Gasteiger partial charge is 0.130 e. The molecule has 0 unspecified atom stereocenters. The van der Waals surface area contributed by atoms with Gasteiger partial charge >= 0.3 is 0 Å². The van der Waals surface area contributed by atoms with Crippen LogP contribution >= 0.6 is 11.6 Å². The van der Waals surface area contributed by atoms with E-state index in [1.54, 1.807) is 0 Å². The molecular formula is C18H22ClSi. The van der Waals surface area contributed by atoms with Crippen LogP contribution in [0.1, 0.15) is 30.5 Å². The van der Waals surface area contributed by atoms with Crippen LogP contribution in [0.5, 0.6) is 0 Å². The molecule has 0 aliphatic rings. The zero-order valence-electron chi connectivity index (χ0n) is 12.5. The maximum atomic E-state index is 6.33. The van der Waals surface area contributed by atoms with Crippen LogP contribution < -0.4 is 10.4 Å². The minimum Gasteiger partial charge on any atom is -0.130 e. The molecular weight excluding hydrogens is 280 g/mol. The van der Waals surface area contributed by atoms with Crippen molar-refractivity contribution in [2.45, 2.75) is 33.6 Å². The molecule has 1 radical (unpaired) electrons. The number of rotatable bonds is 5. The van der Waals surface area contributed by atoms with E-state index < -0.39 is 8.80 Å². The highest BCUT2D eigenvalue weighted by molar-refractivity contribution is 6.89. The van der Waals surface area contributed by atoms with Gasteiger partial charge in [-0.05, 0) is 30.9 Å². The molecule has 0 fully saturated rings. The average molecular weight is 302 g/mol. The molecule has 0 bridgehead atoms. The zero-order valence-corrected chi connectivity index (χ0v) is 14.3. The minimum absolute atomic E-state index is 0.727. The molecule has 0 aliphatic carbocycles. The van der Waals surface area contributed by atoms with Crippen molar-refractivity contribution in [3.63, 3.8) is 0 Å². The third-order valence-electron chi connectivity index (χ3n) is 3.72. The van der Waals surface area contributed by atoms with E-state index in [1.807, 2.05) is 0 Å². The van der Waals surface area contributed by atoms with Crippen molar-refractivity contribution in [3.05, 3.63) is 59.2 Å². The van der Waals surface area contributed by atoms with Gasteiger partial charge in [0.2, 0.25) is 0 Å². The lowest BCUT2D eigenvalue weighted by Crippen LogP contribution is -2.44. The van der Waals surface area contributed by atoms with Gasteiger partial charge in [0.15, 0.2) is 0 Å². The van der Waals surface area contributed by atoms with Crippen LogP contribution in [0.4, 0.5) is 0 Å². The van der Waals surface area contributed by atoms with Gasteiger partial charge in [-0.1, -0.05) is 72.2 Å². The van der Waals surface area contributed by atoms with E-state index in [1.165, 1.54) is 27.1 Å². The van der Waals surface area contributed by atoms with Crippen LogP contribution in [0.3, 0.4) is 0 Å². The summed E-state index contributed by atoms with van der Waals surface area (Å²) < 4.78 is 0. The lowest BCUT2D eigenvalue weighted by atomic mass is 10.1. The Bertz CT molecular complexity index is 555. The van der Waals surface area contributed by atoms with Gasteiger partial charge in [0.1, 0.15) is 8.80 Å². The van der Waals surface area contributed by atoms with Crippen molar-refractivity contribution in [3.8, 4) is 0 Å². The van der Waals surface area contributed by atoms with E-state index in [9.17, 15) is 0 Å². The summed E-state index contributed by atoms with van der Waals surface area (Å²) in [6.45, 7) is 6.59. The normalized spacial score (nSPS) is 11.1. The molecule has 2 aromatic carbocycles. The summed E-state index contributed by atoms with van der Waals surface area (Å²) in [4.78, 5) is 0. The third kappa shape index (κ3) is 3.53. The molecule has 0 saturated carbocycles. The summed E-state index contributed by atoms with van der Waals surface area (Å²) in [5, 5.41) is 2.87. The monoisotopic (exact) mass is 301 g/mol. The summed E-state index contributed by atoms with van der Waals surface area (Å²) in [5.74, 6) is 0. The Morgan fingerprint density at radius 3 is 2.05 bits per heavy atom. The molecule has 0 nitrogen and oxygen atoms in total. The first-order valence-corrected chi connectivity index (χ1v) is 9.54. The Morgan fingerprint density at radius 1 is 0.900 bits per heavy atom. The number of benzene rings is 2. The minimum atomic E-state index is -0.860. The molecule has 105 valence electrons. The van der Waals surface area contributed by atoms with E-state index in [0.29, 0.717) is 0 Å². The number of alkyl halides is 1. The van der Waals surface area contributed by atoms with E-state index >= 15 is 0 Å². The maximum Gasteiger partial charge on any atom is 0.136 e. The Balaban J connectivity index is 2.45. The van der Waals surface area contributed by atoms with E-state index in [2.05, 4.69) is 63.2 Å². The first-order valence-electron chi connectivity index (χ1n) is 7.30. The summed E-state index contributed by atoms with van der Waals surface area (Å²) in [5.41, 5.74) is 4.90. The highest BCUT2D eigenvalue weighted by Crippen LogP contribution is 2.07. The van der Waals surface area contributed by atoms with Crippen LogP contribution in [-0.4, -0.2) is 14.3 Å². The van der Waals surface area contributed by atoms with Crippen molar-refractivity contribution in [2.24, 2.45) is 0 Å². The zero-order chi connectivity index (χ0) is 14.5. The second kappa shape index (κ2) is 7.10. The molecule has 0 amide bonds. The third-order valence-corrected chi connectivity index (χ3v) is 6.78. The van der Waals surface area contributed by atoms with Gasteiger partial charge in [0, 0.05) is 5.50 Å². The molecule has 2 heteroatoms. The standard InChI is InChI=1S/C18H22ClSi/c1-4-15-10-16(5-2)12-18(11-15)20(13-19)17-8-6-7-14(3)9-17/h6-12H,4-5,13H2,1-3H3. The second-order valence-electron chi connectivity index (χ2n) is 5.23. The molecule has 0 N–H and O–H groups in total. The summed E-state index contributed by atoms with van der Waals surface area (Å²) in [7, 11) is -0.860. The Hall–Kier alpha value is -1.05. The van der Waals surface area contributed by atoms with Gasteiger partial charge in [-0.2, -0.15) is 0 Å². The van der Waals surface area contributed by atoms with Gasteiger partial charge < -0.3 is 0 Å². The first kappa shape index (κ1) is 15.3. The number of halogens is 1. The summed E-state index contributed by atoms with van der Waals surface area (Å²) in [6, 6.07) is 15.9. The molecule has 0 spiro atoms. The largest absolute Gasteiger partial charge is 0.136 e. The van der Waals surface area contributed by atoms with Crippen molar-refractivity contribution >= 4 is 30.8 Å². The molecule has 0 atom stereocenters. The average Bonchev–Trinajstić information content (AvgIpc) is 2.47. The van der Waals surface area contributed by atoms with E-state index in [-0.39, 0.29) is 0 Å². The summed E-state index contributed by atoms with van der Waals surface area (Å²) >= 11 is 6.33. The van der Waals surface area contributed by atoms with Crippen LogP contribution in [0.25, 0.3) is 0 Å². The summed E-state index contributed by atoms with van der Waals surface area (Å²) in [6.07, 6.45) is 2.18. The van der Waals surface area contributed by atoms with Crippen molar-refractivity contribution in [2.75, 3.05) is 5.50 Å². The fourth-order valence-corrected chi connectivity index (χ4v) is 5.49. The predicted molar refractivity (Wildman–Crippen MR) is 92.1 cm³/mol. The van der Waals surface area contributed by atoms with Crippen LogP contribution in [-0.2, 0) is 12.8 Å². The fraction of sp³-hybridized carbons (Fsp3) is 0.333. The first-order chi connectivity index (χ1) is 9.67. The molecule has 2 aromatic rings. The van der Waals surface area contributed by atoms with Gasteiger partial charge in [0.05, 0.1) is 0 Å². The maximum absolute atomic E-state index is 6.33. The lowest BCUT2D eigenvalue weighted by molar-refractivity contribution is 1.09. The highest BCUT2D eigenvalue weighted by Gasteiger charge is 2.17. The number of aryl methyl sites for hydroxylation is 3. The molecule has 0 aliphatic heterocycles. The lowest BCUT2D eigenvalue weighted by Gasteiger charge is -2.16. The highest BCUT2D eigenvalue weighted by atomic mass is 35.5. The molecule has 0 saturated heterocycles. The Labute approximate surface area is 129 Å². The second-order valence-corrected chi connectivity index (χ2v) is 8.41. The van der Waals surface area contributed by atoms with Crippen LogP contribution in [0, 0.1) is 6.92 Å². The Morgan fingerprint density at radius 2 is 1.55 bits per heavy atom. The quantitative estimate of drug-likeness (QED) is 0.586. The van der Waals surface area contributed by atoms with Crippen molar-refractivity contribution in [1.82, 2.24) is 0 Å². The van der Waals surface area contributed by atoms with Gasteiger partial charge in [-0.3, -0.25) is 0 Å². The van der Waals surface area contributed by atoms with Gasteiger partial charge in [-0.25, -0.2) is 0 Å². The van der Waals surface area contributed by atoms with Crippen LogP contribution in [0.15, 0.2) is 42.5 Å². The van der Waals surface area contributed by atoms with Gasteiger partial charge in [0.25, 0.3) is 0 Å². The van der Waals surface area contributed by atoms with E-state index in [0.717, 1.165) is 18.3 Å². The number of hydrogen-bond donors (Lipinski definition) is 0. The van der Waals surface area contributed by atoms with Crippen LogP contribution in [0.2, 0.25) is 0 Å². The topological polar surface area (TPSA) is 0 Å². The molecule has 0 aromatic heterocycles.